The van der Waals surface area contributed by atoms with Crippen LogP contribution in [0.5, 0.6) is 11.5 Å². The predicted molar refractivity (Wildman–Crippen MR) is 99.1 cm³/mol. The molecule has 0 bridgehead atoms. The van der Waals surface area contributed by atoms with Crippen molar-refractivity contribution >= 4 is 0 Å². The van der Waals surface area contributed by atoms with Gasteiger partial charge in [0.05, 0.1) is 18.4 Å². The number of aliphatic hydroxyl groups excluding tert-OH is 1. The van der Waals surface area contributed by atoms with Crippen molar-refractivity contribution in [2.45, 2.75) is 19.1 Å². The molecule has 1 aromatic heterocycles. The highest BCUT2D eigenvalue weighted by molar-refractivity contribution is 5.43. The Bertz CT molecular complexity index is 852. The highest BCUT2D eigenvalue weighted by Gasteiger charge is 2.30. The summed E-state index contributed by atoms with van der Waals surface area (Å²) in [6.45, 7) is 0.904. The SMILES string of the molecule is O[C@H]1c2cc(OCc3ccccn3)ccc2OC[C@@H]1Cc1ccccc1. The van der Waals surface area contributed by atoms with Crippen LogP contribution in [0.2, 0.25) is 0 Å². The number of aromatic nitrogens is 1. The Hall–Kier alpha value is -2.85. The molecule has 4 nitrogen and oxygen atoms in total. The van der Waals surface area contributed by atoms with E-state index in [0.29, 0.717) is 19.0 Å². The summed E-state index contributed by atoms with van der Waals surface area (Å²) in [5.41, 5.74) is 2.85. The fraction of sp³-hybridized carbons (Fsp3) is 0.227. The van der Waals surface area contributed by atoms with Crippen LogP contribution in [0.4, 0.5) is 0 Å². The van der Waals surface area contributed by atoms with E-state index in [4.69, 9.17) is 9.47 Å². The van der Waals surface area contributed by atoms with Gasteiger partial charge >= 0.3 is 0 Å². The van der Waals surface area contributed by atoms with Gasteiger partial charge in [0.1, 0.15) is 18.1 Å². The lowest BCUT2D eigenvalue weighted by molar-refractivity contribution is 0.0504. The van der Waals surface area contributed by atoms with Crippen LogP contribution in [-0.4, -0.2) is 16.7 Å². The molecule has 0 saturated carbocycles. The maximum Gasteiger partial charge on any atom is 0.130 e. The third-order valence-electron chi connectivity index (χ3n) is 4.65. The molecule has 0 radical (unpaired) electrons. The van der Waals surface area contributed by atoms with E-state index in [1.54, 1.807) is 6.20 Å². The second-order valence-electron chi connectivity index (χ2n) is 6.52. The average Bonchev–Trinajstić information content (AvgIpc) is 2.70. The van der Waals surface area contributed by atoms with Crippen LogP contribution in [-0.2, 0) is 13.0 Å². The molecule has 2 atom stereocenters. The molecule has 0 unspecified atom stereocenters. The number of aliphatic hydroxyl groups is 1. The molecule has 26 heavy (non-hydrogen) atoms. The Labute approximate surface area is 153 Å². The number of ether oxygens (including phenoxy) is 2. The van der Waals surface area contributed by atoms with Gasteiger partial charge < -0.3 is 14.6 Å². The third kappa shape index (κ3) is 3.70. The summed E-state index contributed by atoms with van der Waals surface area (Å²) in [6, 6.07) is 21.5. The van der Waals surface area contributed by atoms with Crippen molar-refractivity contribution in [1.82, 2.24) is 4.98 Å². The zero-order valence-electron chi connectivity index (χ0n) is 14.4. The number of benzene rings is 2. The van der Waals surface area contributed by atoms with Gasteiger partial charge in [-0.25, -0.2) is 0 Å². The fourth-order valence-corrected chi connectivity index (χ4v) is 3.25. The second kappa shape index (κ2) is 7.58. The number of pyridine rings is 1. The minimum absolute atomic E-state index is 0.0240. The van der Waals surface area contributed by atoms with E-state index in [-0.39, 0.29) is 5.92 Å². The largest absolute Gasteiger partial charge is 0.493 e. The minimum Gasteiger partial charge on any atom is -0.493 e. The highest BCUT2D eigenvalue weighted by Crippen LogP contribution is 2.39. The first-order valence-corrected chi connectivity index (χ1v) is 8.81. The molecule has 2 aromatic carbocycles. The van der Waals surface area contributed by atoms with Crippen LogP contribution in [0.25, 0.3) is 0 Å². The summed E-state index contributed by atoms with van der Waals surface area (Å²) in [6.07, 6.45) is 1.95. The van der Waals surface area contributed by atoms with Crippen molar-refractivity contribution in [1.29, 1.82) is 0 Å². The standard InChI is InChI=1S/C22H21NO3/c24-22-17(12-16-6-2-1-3-7-16)14-26-21-10-9-19(13-20(21)22)25-15-18-8-4-5-11-23-18/h1-11,13,17,22,24H,12,14-15H2/t17-,22+/m0/s1. The van der Waals surface area contributed by atoms with Crippen molar-refractivity contribution in [3.8, 4) is 11.5 Å². The van der Waals surface area contributed by atoms with Gasteiger partial charge in [-0.05, 0) is 42.3 Å². The van der Waals surface area contributed by atoms with Crippen LogP contribution >= 0.6 is 0 Å². The molecule has 3 aromatic rings. The van der Waals surface area contributed by atoms with E-state index >= 15 is 0 Å². The summed E-state index contributed by atoms with van der Waals surface area (Å²) >= 11 is 0. The van der Waals surface area contributed by atoms with Crippen LogP contribution in [0, 0.1) is 5.92 Å². The summed E-state index contributed by atoms with van der Waals surface area (Å²) in [5.74, 6) is 1.46. The van der Waals surface area contributed by atoms with Gasteiger partial charge in [-0.2, -0.15) is 0 Å². The van der Waals surface area contributed by atoms with Crippen molar-refractivity contribution in [2.75, 3.05) is 6.61 Å². The van der Waals surface area contributed by atoms with Crippen molar-refractivity contribution in [3.05, 3.63) is 89.7 Å². The molecule has 1 N–H and O–H groups in total. The molecule has 0 spiro atoms. The van der Waals surface area contributed by atoms with Gasteiger partial charge in [-0.1, -0.05) is 36.4 Å². The van der Waals surface area contributed by atoms with E-state index < -0.39 is 6.10 Å². The van der Waals surface area contributed by atoms with E-state index in [0.717, 1.165) is 23.4 Å². The molecule has 0 saturated heterocycles. The summed E-state index contributed by atoms with van der Waals surface area (Å²) < 4.78 is 11.7. The highest BCUT2D eigenvalue weighted by atomic mass is 16.5. The lowest BCUT2D eigenvalue weighted by atomic mass is 9.88. The molecule has 0 amide bonds. The molecule has 132 valence electrons. The number of fused-ring (bicyclic) bond motifs is 1. The summed E-state index contributed by atoms with van der Waals surface area (Å²) in [7, 11) is 0. The zero-order chi connectivity index (χ0) is 17.8. The second-order valence-corrected chi connectivity index (χ2v) is 6.52. The van der Waals surface area contributed by atoms with E-state index in [1.165, 1.54) is 5.56 Å². The molecule has 4 heteroatoms. The fourth-order valence-electron chi connectivity index (χ4n) is 3.25. The Morgan fingerprint density at radius 2 is 1.88 bits per heavy atom. The first-order valence-electron chi connectivity index (χ1n) is 8.81. The Balaban J connectivity index is 1.48. The minimum atomic E-state index is -0.572. The van der Waals surface area contributed by atoms with Crippen molar-refractivity contribution in [2.24, 2.45) is 5.92 Å². The first kappa shape index (κ1) is 16.6. The molecule has 0 fully saturated rings. The molecule has 2 heterocycles. The van der Waals surface area contributed by atoms with Crippen LogP contribution in [0.15, 0.2) is 72.9 Å². The first-order chi connectivity index (χ1) is 12.8. The number of nitrogens with zero attached hydrogens (tertiary/aromatic N) is 1. The number of rotatable bonds is 5. The quantitative estimate of drug-likeness (QED) is 0.759. The number of hydrogen-bond acceptors (Lipinski definition) is 4. The normalized spacial score (nSPS) is 18.7. The molecule has 0 aliphatic carbocycles. The lowest BCUT2D eigenvalue weighted by Gasteiger charge is -2.30. The van der Waals surface area contributed by atoms with Gasteiger partial charge in [0.2, 0.25) is 0 Å². The van der Waals surface area contributed by atoms with E-state index in [1.807, 2.05) is 54.6 Å². The average molecular weight is 347 g/mol. The molecule has 1 aliphatic rings. The predicted octanol–water partition coefficient (Wildman–Crippen LogP) is 3.95. The maximum atomic E-state index is 10.8. The molecular formula is C22H21NO3. The van der Waals surface area contributed by atoms with Gasteiger partial charge in [0.25, 0.3) is 0 Å². The zero-order valence-corrected chi connectivity index (χ0v) is 14.4. The third-order valence-corrected chi connectivity index (χ3v) is 4.65. The monoisotopic (exact) mass is 347 g/mol. The van der Waals surface area contributed by atoms with E-state index in [2.05, 4.69) is 17.1 Å². The van der Waals surface area contributed by atoms with Gasteiger partial charge in [0, 0.05) is 17.7 Å². The maximum absolute atomic E-state index is 10.8. The number of hydrogen-bond donors (Lipinski definition) is 1. The van der Waals surface area contributed by atoms with Gasteiger partial charge in [0.15, 0.2) is 0 Å². The van der Waals surface area contributed by atoms with Crippen LogP contribution < -0.4 is 9.47 Å². The van der Waals surface area contributed by atoms with E-state index in [9.17, 15) is 5.11 Å². The van der Waals surface area contributed by atoms with Gasteiger partial charge in [-0.3, -0.25) is 4.98 Å². The molecule has 4 rings (SSSR count). The van der Waals surface area contributed by atoms with Crippen LogP contribution in [0.1, 0.15) is 22.9 Å². The van der Waals surface area contributed by atoms with Crippen molar-refractivity contribution in [3.63, 3.8) is 0 Å². The lowest BCUT2D eigenvalue weighted by Crippen LogP contribution is -2.27. The topological polar surface area (TPSA) is 51.6 Å². The Morgan fingerprint density at radius 3 is 2.69 bits per heavy atom. The Kier molecular flexibility index (Phi) is 4.84. The van der Waals surface area contributed by atoms with Crippen LogP contribution in [0.3, 0.4) is 0 Å². The smallest absolute Gasteiger partial charge is 0.130 e. The Morgan fingerprint density at radius 1 is 1.04 bits per heavy atom. The van der Waals surface area contributed by atoms with Crippen molar-refractivity contribution < 1.29 is 14.6 Å². The molecule has 1 aliphatic heterocycles. The summed E-state index contributed by atoms with van der Waals surface area (Å²) in [4.78, 5) is 4.26. The molecular weight excluding hydrogens is 326 g/mol. The van der Waals surface area contributed by atoms with Gasteiger partial charge in [-0.15, -0.1) is 0 Å². The summed E-state index contributed by atoms with van der Waals surface area (Å²) in [5, 5.41) is 10.8.